The molecule has 0 spiro atoms. The van der Waals surface area contributed by atoms with Gasteiger partial charge < -0.3 is 19.6 Å². The summed E-state index contributed by atoms with van der Waals surface area (Å²) in [5.41, 5.74) is 5.22. The minimum Gasteiger partial charge on any atom is -0.361 e. The number of hydrogen-bond acceptors (Lipinski definition) is 8. The van der Waals surface area contributed by atoms with Gasteiger partial charge in [0.15, 0.2) is 5.82 Å². The second-order valence-electron chi connectivity index (χ2n) is 14.1. The van der Waals surface area contributed by atoms with E-state index in [2.05, 4.69) is 34.7 Å². The van der Waals surface area contributed by atoms with E-state index in [0.29, 0.717) is 46.2 Å². The summed E-state index contributed by atoms with van der Waals surface area (Å²) in [5, 5.41) is 9.92. The molecule has 1 atom stereocenters. The summed E-state index contributed by atoms with van der Waals surface area (Å²) in [4.78, 5) is 26.7. The zero-order valence-electron chi connectivity index (χ0n) is 29.4. The first-order valence-corrected chi connectivity index (χ1v) is 22.3. The Balaban J connectivity index is 1.37. The molecule has 0 radical (unpaired) electrons. The van der Waals surface area contributed by atoms with Gasteiger partial charge in [0.05, 0.1) is 29.1 Å². The maximum atomic E-state index is 14.0. The van der Waals surface area contributed by atoms with Crippen LogP contribution in [0.15, 0.2) is 84.3 Å². The van der Waals surface area contributed by atoms with Crippen LogP contribution in [0.25, 0.3) is 44.3 Å². The summed E-state index contributed by atoms with van der Waals surface area (Å²) in [7, 11) is -4.88. The Morgan fingerprint density at radius 3 is 2.59 bits per heavy atom. The van der Waals surface area contributed by atoms with Crippen LogP contribution in [0.4, 0.5) is 11.5 Å². The molecule has 13 nitrogen and oxygen atoms in total. The Labute approximate surface area is 296 Å². The number of benzene rings is 2. The second-order valence-corrected chi connectivity index (χ2v) is 21.5. The first-order valence-electron chi connectivity index (χ1n) is 16.7. The van der Waals surface area contributed by atoms with Crippen LogP contribution in [0.3, 0.4) is 0 Å². The van der Waals surface area contributed by atoms with Crippen LogP contribution < -0.4 is 15.6 Å². The van der Waals surface area contributed by atoms with Gasteiger partial charge in [-0.25, -0.2) is 22.9 Å². The van der Waals surface area contributed by atoms with Crippen molar-refractivity contribution in [2.75, 3.05) is 22.9 Å². The van der Waals surface area contributed by atoms with Crippen molar-refractivity contribution in [3.63, 3.8) is 0 Å². The predicted octanol–water partition coefficient (Wildman–Crippen LogP) is 6.54. The number of sulfonamides is 1. The Morgan fingerprint density at radius 2 is 1.84 bits per heavy atom. The summed E-state index contributed by atoms with van der Waals surface area (Å²) in [6, 6.07) is 17.5. The number of nitrogens with zero attached hydrogens (tertiary/aromatic N) is 6. The zero-order chi connectivity index (χ0) is 36.1. The van der Waals surface area contributed by atoms with E-state index in [1.165, 1.54) is 6.33 Å². The van der Waals surface area contributed by atoms with Gasteiger partial charge in [0.25, 0.3) is 5.56 Å². The largest absolute Gasteiger partial charge is 0.361 e. The molecule has 1 unspecified atom stereocenters. The fourth-order valence-electron chi connectivity index (χ4n) is 6.31. The van der Waals surface area contributed by atoms with E-state index in [9.17, 15) is 13.2 Å². The first kappa shape index (κ1) is 34.2. The molecular weight excluding hydrogens is 683 g/mol. The highest BCUT2D eigenvalue weighted by molar-refractivity contribution is 7.92. The summed E-state index contributed by atoms with van der Waals surface area (Å²) < 4.78 is 38.9. The fraction of sp³-hybridized carbons (Fsp3) is 0.278. The summed E-state index contributed by atoms with van der Waals surface area (Å²) >= 11 is 0. The van der Waals surface area contributed by atoms with E-state index in [1.807, 2.05) is 79.2 Å². The van der Waals surface area contributed by atoms with Crippen LogP contribution in [0.2, 0.25) is 25.7 Å². The highest BCUT2D eigenvalue weighted by Gasteiger charge is 2.24. The normalized spacial score (nSPS) is 13.0. The maximum Gasteiger partial charge on any atom is 0.282 e. The van der Waals surface area contributed by atoms with Crippen LogP contribution in [0.5, 0.6) is 0 Å². The number of aromatic nitrogens is 7. The highest BCUT2D eigenvalue weighted by atomic mass is 32.2. The number of aromatic amines is 1. The SMILES string of the molecule is Cc1ccn2nc(C(C)Nc3ncnc4c3c(-c3cc(NS(C)(=O)=O)c5cc[nH]c5c3)cn4COCC[Si](C)(C)C)n(-c3ccccc3)c(=O)c12. The highest BCUT2D eigenvalue weighted by Crippen LogP contribution is 2.38. The molecule has 0 saturated carbocycles. The van der Waals surface area contributed by atoms with Gasteiger partial charge in [-0.2, -0.15) is 5.10 Å². The van der Waals surface area contributed by atoms with Gasteiger partial charge in [-0.05, 0) is 67.4 Å². The molecule has 7 rings (SSSR count). The van der Waals surface area contributed by atoms with Gasteiger partial charge in [0.2, 0.25) is 10.0 Å². The standard InChI is InChI=1S/C36H41N9O4SSi/c1-23-13-15-44-32(23)36(46)45(26-10-8-7-9-11-26)34(41-44)24(2)40-33-31-28(20-43(35(31)39-21-38-33)22-49-16-17-51(4,5)6)25-18-29-27(12-14-37-29)30(19-25)42-50(3,47)48/h7-15,18-21,24,37,42H,16-17,22H2,1-6H3,(H,38,39,40). The number of aryl methyl sites for hydroxylation is 1. The number of fused-ring (bicyclic) bond motifs is 3. The lowest BCUT2D eigenvalue weighted by molar-refractivity contribution is 0.0899. The smallest absolute Gasteiger partial charge is 0.282 e. The molecular formula is C36H41N9O4SSi. The molecule has 0 fully saturated rings. The van der Waals surface area contributed by atoms with Crippen molar-refractivity contribution < 1.29 is 13.2 Å². The molecule has 0 aliphatic rings. The third-order valence-electron chi connectivity index (χ3n) is 8.82. The lowest BCUT2D eigenvalue weighted by Crippen LogP contribution is -2.29. The van der Waals surface area contributed by atoms with E-state index >= 15 is 0 Å². The number of anilines is 2. The van der Waals surface area contributed by atoms with Crippen LogP contribution in [-0.2, 0) is 21.5 Å². The van der Waals surface area contributed by atoms with Crippen molar-refractivity contribution >= 4 is 57.1 Å². The van der Waals surface area contributed by atoms with E-state index in [4.69, 9.17) is 19.8 Å². The Bertz CT molecular complexity index is 2570. The number of para-hydroxylation sites is 1. The number of ether oxygens (including phenoxy) is 1. The van der Waals surface area contributed by atoms with E-state index in [-0.39, 0.29) is 12.3 Å². The molecule has 0 amide bonds. The Morgan fingerprint density at radius 1 is 1.06 bits per heavy atom. The molecule has 0 aliphatic carbocycles. The van der Waals surface area contributed by atoms with Crippen LogP contribution in [0, 0.1) is 6.92 Å². The molecule has 0 bridgehead atoms. The molecule has 3 N–H and O–H groups in total. The molecule has 0 saturated heterocycles. The molecule has 5 heterocycles. The van der Waals surface area contributed by atoms with Gasteiger partial charge in [0, 0.05) is 49.7 Å². The lowest BCUT2D eigenvalue weighted by atomic mass is 10.0. The minimum absolute atomic E-state index is 0.178. The van der Waals surface area contributed by atoms with Crippen LogP contribution >= 0.6 is 0 Å². The van der Waals surface area contributed by atoms with Crippen molar-refractivity contribution in [1.29, 1.82) is 0 Å². The van der Waals surface area contributed by atoms with Crippen molar-refractivity contribution in [2.45, 2.75) is 52.3 Å². The molecule has 51 heavy (non-hydrogen) atoms. The average Bonchev–Trinajstić information content (AvgIpc) is 3.80. The van der Waals surface area contributed by atoms with Gasteiger partial charge in [-0.15, -0.1) is 0 Å². The minimum atomic E-state index is -3.57. The molecule has 2 aromatic carbocycles. The Hall–Kier alpha value is -5.25. The van der Waals surface area contributed by atoms with Gasteiger partial charge in [0.1, 0.15) is 30.0 Å². The van der Waals surface area contributed by atoms with Crippen molar-refractivity contribution in [3.05, 3.63) is 101 Å². The number of rotatable bonds is 12. The predicted molar refractivity (Wildman–Crippen MR) is 205 cm³/mol. The third-order valence-corrected chi connectivity index (χ3v) is 11.1. The van der Waals surface area contributed by atoms with Crippen LogP contribution in [-0.4, -0.2) is 63.1 Å². The first-order chi connectivity index (χ1) is 24.3. The summed E-state index contributed by atoms with van der Waals surface area (Å²) in [5.74, 6) is 1.01. The molecule has 7 aromatic rings. The molecule has 15 heteroatoms. The van der Waals surface area contributed by atoms with Crippen molar-refractivity contribution in [1.82, 2.24) is 33.7 Å². The quantitative estimate of drug-likeness (QED) is 0.0949. The lowest BCUT2D eigenvalue weighted by Gasteiger charge is -2.20. The van der Waals surface area contributed by atoms with Gasteiger partial charge >= 0.3 is 0 Å². The number of hydrogen-bond donors (Lipinski definition) is 3. The van der Waals surface area contributed by atoms with E-state index in [1.54, 1.807) is 21.5 Å². The molecule has 5 aromatic heterocycles. The number of nitrogens with one attached hydrogen (secondary N) is 3. The monoisotopic (exact) mass is 723 g/mol. The van der Waals surface area contributed by atoms with Gasteiger partial charge in [-0.1, -0.05) is 37.8 Å². The Kier molecular flexibility index (Phi) is 8.81. The van der Waals surface area contributed by atoms with E-state index in [0.717, 1.165) is 39.9 Å². The van der Waals surface area contributed by atoms with Crippen molar-refractivity contribution in [2.24, 2.45) is 0 Å². The molecule has 264 valence electrons. The van der Waals surface area contributed by atoms with Crippen molar-refractivity contribution in [3.8, 4) is 16.8 Å². The number of H-pyrrole nitrogens is 1. The average molecular weight is 724 g/mol. The third kappa shape index (κ3) is 6.91. The summed E-state index contributed by atoms with van der Waals surface area (Å²) in [6.45, 7) is 11.7. The van der Waals surface area contributed by atoms with E-state index < -0.39 is 24.1 Å². The molecule has 0 aliphatic heterocycles. The topological polar surface area (TPSA) is 153 Å². The summed E-state index contributed by atoms with van der Waals surface area (Å²) in [6.07, 6.45) is 8.16. The van der Waals surface area contributed by atoms with Gasteiger partial charge in [-0.3, -0.25) is 14.1 Å². The fourth-order valence-corrected chi connectivity index (χ4v) is 7.63. The second kappa shape index (κ2) is 13.1. The maximum absolute atomic E-state index is 14.0. The zero-order valence-corrected chi connectivity index (χ0v) is 31.2. The van der Waals surface area contributed by atoms with Crippen LogP contribution in [0.1, 0.15) is 24.4 Å².